The molecular weight excluding hydrogens is 166 g/mol. The van der Waals surface area contributed by atoms with E-state index in [1.54, 1.807) is 0 Å². The first-order chi connectivity index (χ1) is 6.11. The van der Waals surface area contributed by atoms with Crippen molar-refractivity contribution in [1.29, 1.82) is 0 Å². The van der Waals surface area contributed by atoms with Crippen LogP contribution in [0.15, 0.2) is 0 Å². The van der Waals surface area contributed by atoms with Crippen molar-refractivity contribution in [3.05, 3.63) is 0 Å². The molecule has 1 N–H and O–H groups in total. The van der Waals surface area contributed by atoms with E-state index in [9.17, 15) is 4.79 Å². The van der Waals surface area contributed by atoms with E-state index in [-0.39, 0.29) is 12.0 Å². The van der Waals surface area contributed by atoms with Gasteiger partial charge in [0.1, 0.15) is 6.04 Å². The van der Waals surface area contributed by atoms with E-state index in [1.807, 2.05) is 0 Å². The molecule has 0 aliphatic heterocycles. The van der Waals surface area contributed by atoms with E-state index in [0.717, 1.165) is 19.4 Å². The number of nitrogens with one attached hydrogen (secondary N) is 1. The second-order valence-electron chi connectivity index (χ2n) is 3.67. The van der Waals surface area contributed by atoms with Crippen molar-refractivity contribution in [2.45, 2.75) is 39.7 Å². The van der Waals surface area contributed by atoms with Gasteiger partial charge in [-0.2, -0.15) is 0 Å². The third kappa shape index (κ3) is 5.64. The average molecular weight is 187 g/mol. The summed E-state index contributed by atoms with van der Waals surface area (Å²) in [6.45, 7) is 7.16. The lowest BCUT2D eigenvalue weighted by Crippen LogP contribution is -2.39. The number of hydrogen-bond acceptors (Lipinski definition) is 3. The van der Waals surface area contributed by atoms with Crippen LogP contribution < -0.4 is 5.32 Å². The van der Waals surface area contributed by atoms with Gasteiger partial charge in [0.2, 0.25) is 0 Å². The zero-order valence-corrected chi connectivity index (χ0v) is 9.09. The summed E-state index contributed by atoms with van der Waals surface area (Å²) in [5.74, 6) is 0.409. The Labute approximate surface area is 80.8 Å². The van der Waals surface area contributed by atoms with Gasteiger partial charge >= 0.3 is 5.97 Å². The SMILES string of the molecule is CCCC(NCC(C)C)C(=O)OC. The monoisotopic (exact) mass is 187 g/mol. The molecule has 0 amide bonds. The van der Waals surface area contributed by atoms with Crippen molar-refractivity contribution in [1.82, 2.24) is 5.32 Å². The molecule has 0 aromatic carbocycles. The maximum Gasteiger partial charge on any atom is 0.322 e. The Balaban J connectivity index is 3.86. The van der Waals surface area contributed by atoms with Gasteiger partial charge in [0, 0.05) is 0 Å². The highest BCUT2D eigenvalue weighted by atomic mass is 16.5. The normalized spacial score (nSPS) is 13.0. The smallest absolute Gasteiger partial charge is 0.322 e. The number of esters is 1. The third-order valence-electron chi connectivity index (χ3n) is 1.84. The van der Waals surface area contributed by atoms with E-state index in [4.69, 9.17) is 4.74 Å². The second-order valence-corrected chi connectivity index (χ2v) is 3.67. The molecule has 0 saturated heterocycles. The molecule has 0 radical (unpaired) electrons. The lowest BCUT2D eigenvalue weighted by molar-refractivity contribution is -0.143. The Hall–Kier alpha value is -0.570. The molecule has 0 aliphatic rings. The zero-order valence-electron chi connectivity index (χ0n) is 9.09. The fourth-order valence-corrected chi connectivity index (χ4v) is 1.11. The Kier molecular flexibility index (Phi) is 6.59. The Morgan fingerprint density at radius 3 is 2.46 bits per heavy atom. The average Bonchev–Trinajstić information content (AvgIpc) is 2.10. The molecule has 0 aliphatic carbocycles. The largest absolute Gasteiger partial charge is 0.468 e. The number of hydrogen-bond donors (Lipinski definition) is 1. The van der Waals surface area contributed by atoms with Crippen LogP contribution in [0.5, 0.6) is 0 Å². The highest BCUT2D eigenvalue weighted by Gasteiger charge is 2.16. The summed E-state index contributed by atoms with van der Waals surface area (Å²) in [4.78, 5) is 11.2. The lowest BCUT2D eigenvalue weighted by Gasteiger charge is -2.16. The van der Waals surface area contributed by atoms with Crippen LogP contribution in [0.2, 0.25) is 0 Å². The van der Waals surface area contributed by atoms with Crippen molar-refractivity contribution in [3.63, 3.8) is 0 Å². The van der Waals surface area contributed by atoms with Crippen LogP contribution in [0, 0.1) is 5.92 Å². The number of methoxy groups -OCH3 is 1. The van der Waals surface area contributed by atoms with Crippen LogP contribution in [-0.4, -0.2) is 25.7 Å². The van der Waals surface area contributed by atoms with Crippen LogP contribution in [0.1, 0.15) is 33.6 Å². The Morgan fingerprint density at radius 1 is 1.46 bits per heavy atom. The van der Waals surface area contributed by atoms with Crippen molar-refractivity contribution in [2.75, 3.05) is 13.7 Å². The Morgan fingerprint density at radius 2 is 2.08 bits per heavy atom. The summed E-state index contributed by atoms with van der Waals surface area (Å²) in [6.07, 6.45) is 1.84. The topological polar surface area (TPSA) is 38.3 Å². The second kappa shape index (κ2) is 6.89. The minimum atomic E-state index is -0.150. The van der Waals surface area contributed by atoms with Crippen molar-refractivity contribution in [2.24, 2.45) is 5.92 Å². The molecular formula is C10H21NO2. The minimum Gasteiger partial charge on any atom is -0.468 e. The van der Waals surface area contributed by atoms with Gasteiger partial charge in [-0.25, -0.2) is 0 Å². The highest BCUT2D eigenvalue weighted by molar-refractivity contribution is 5.75. The van der Waals surface area contributed by atoms with Gasteiger partial charge in [0.05, 0.1) is 7.11 Å². The van der Waals surface area contributed by atoms with E-state index in [1.165, 1.54) is 7.11 Å². The van der Waals surface area contributed by atoms with Gasteiger partial charge in [-0.15, -0.1) is 0 Å². The molecule has 0 rings (SSSR count). The first-order valence-corrected chi connectivity index (χ1v) is 4.93. The molecule has 0 heterocycles. The summed E-state index contributed by atoms with van der Waals surface area (Å²) in [5.41, 5.74) is 0. The van der Waals surface area contributed by atoms with Crippen LogP contribution in [-0.2, 0) is 9.53 Å². The standard InChI is InChI=1S/C10H21NO2/c1-5-6-9(10(12)13-4)11-7-8(2)3/h8-9,11H,5-7H2,1-4H3. The molecule has 0 fully saturated rings. The van der Waals surface area contributed by atoms with E-state index in [2.05, 4.69) is 26.1 Å². The van der Waals surface area contributed by atoms with Crippen LogP contribution >= 0.6 is 0 Å². The predicted molar refractivity (Wildman–Crippen MR) is 53.6 cm³/mol. The van der Waals surface area contributed by atoms with Gasteiger partial charge in [-0.3, -0.25) is 4.79 Å². The molecule has 0 saturated carbocycles. The quantitative estimate of drug-likeness (QED) is 0.641. The number of ether oxygens (including phenoxy) is 1. The van der Waals surface area contributed by atoms with Crippen molar-refractivity contribution in [3.8, 4) is 0 Å². The van der Waals surface area contributed by atoms with Crippen molar-refractivity contribution < 1.29 is 9.53 Å². The fraction of sp³-hybridized carbons (Fsp3) is 0.900. The molecule has 0 spiro atoms. The fourth-order valence-electron chi connectivity index (χ4n) is 1.11. The molecule has 78 valence electrons. The van der Waals surface area contributed by atoms with Crippen LogP contribution in [0.25, 0.3) is 0 Å². The number of carbonyl (C=O) groups is 1. The summed E-state index contributed by atoms with van der Waals surface area (Å²) >= 11 is 0. The van der Waals surface area contributed by atoms with Gasteiger partial charge < -0.3 is 10.1 Å². The number of rotatable bonds is 6. The van der Waals surface area contributed by atoms with Crippen LogP contribution in [0.3, 0.4) is 0 Å². The van der Waals surface area contributed by atoms with Crippen LogP contribution in [0.4, 0.5) is 0 Å². The molecule has 3 heteroatoms. The molecule has 0 bridgehead atoms. The summed E-state index contributed by atoms with van der Waals surface area (Å²) in [5, 5.41) is 3.20. The zero-order chi connectivity index (χ0) is 10.3. The Bertz CT molecular complexity index is 146. The van der Waals surface area contributed by atoms with Gasteiger partial charge in [-0.1, -0.05) is 27.2 Å². The van der Waals surface area contributed by atoms with E-state index >= 15 is 0 Å². The number of carbonyl (C=O) groups excluding carboxylic acids is 1. The predicted octanol–water partition coefficient (Wildman–Crippen LogP) is 1.57. The molecule has 0 aromatic heterocycles. The minimum absolute atomic E-state index is 0.127. The third-order valence-corrected chi connectivity index (χ3v) is 1.84. The maximum absolute atomic E-state index is 11.2. The molecule has 13 heavy (non-hydrogen) atoms. The van der Waals surface area contributed by atoms with Crippen molar-refractivity contribution >= 4 is 5.97 Å². The summed E-state index contributed by atoms with van der Waals surface area (Å²) < 4.78 is 4.70. The van der Waals surface area contributed by atoms with Gasteiger partial charge in [0.15, 0.2) is 0 Å². The highest BCUT2D eigenvalue weighted by Crippen LogP contribution is 2.00. The molecule has 3 nitrogen and oxygen atoms in total. The lowest BCUT2D eigenvalue weighted by atomic mass is 10.1. The molecule has 0 aromatic rings. The first kappa shape index (κ1) is 12.4. The summed E-state index contributed by atoms with van der Waals surface area (Å²) in [6, 6.07) is -0.127. The molecule has 1 unspecified atom stereocenters. The van der Waals surface area contributed by atoms with E-state index in [0.29, 0.717) is 5.92 Å². The van der Waals surface area contributed by atoms with Gasteiger partial charge in [-0.05, 0) is 18.9 Å². The van der Waals surface area contributed by atoms with E-state index < -0.39 is 0 Å². The molecule has 1 atom stereocenters. The first-order valence-electron chi connectivity index (χ1n) is 4.93. The summed E-state index contributed by atoms with van der Waals surface area (Å²) in [7, 11) is 1.43. The maximum atomic E-state index is 11.2. The van der Waals surface area contributed by atoms with Gasteiger partial charge in [0.25, 0.3) is 0 Å².